The second-order valence-electron chi connectivity index (χ2n) is 5.08. The first kappa shape index (κ1) is 14.7. The van der Waals surface area contributed by atoms with Gasteiger partial charge in [0.1, 0.15) is 5.41 Å². The number of hydrogen-bond donors (Lipinski definition) is 2. The van der Waals surface area contributed by atoms with E-state index in [0.29, 0.717) is 6.54 Å². The molecule has 0 spiro atoms. The molecule has 1 aromatic rings. The summed E-state index contributed by atoms with van der Waals surface area (Å²) < 4.78 is 5.20. The predicted molar refractivity (Wildman–Crippen MR) is 72.5 cm³/mol. The summed E-state index contributed by atoms with van der Waals surface area (Å²) in [6, 6.07) is -0.869. The summed E-state index contributed by atoms with van der Waals surface area (Å²) in [4.78, 5) is 28.9. The molecule has 2 atom stereocenters. The summed E-state index contributed by atoms with van der Waals surface area (Å²) in [5, 5.41) is 13.8. The van der Waals surface area contributed by atoms with E-state index in [1.54, 1.807) is 19.5 Å². The molecular weight excluding hydrogens is 282 g/mol. The fourth-order valence-corrected chi connectivity index (χ4v) is 2.52. The van der Waals surface area contributed by atoms with E-state index in [-0.39, 0.29) is 19.2 Å². The van der Waals surface area contributed by atoms with Gasteiger partial charge >= 0.3 is 12.0 Å². The number of nitrogens with zero attached hydrogens (tertiary/aromatic N) is 2. The fraction of sp³-hybridized carbons (Fsp3) is 0.583. The lowest BCUT2D eigenvalue weighted by molar-refractivity contribution is -0.148. The van der Waals surface area contributed by atoms with Crippen molar-refractivity contribution in [3.8, 4) is 0 Å². The summed E-state index contributed by atoms with van der Waals surface area (Å²) in [6.07, 6.45) is 0. The van der Waals surface area contributed by atoms with Crippen molar-refractivity contribution < 1.29 is 19.4 Å². The SMILES string of the molecule is CN(Cc1cscn1)C(=O)NC1COCC1(C)C(=O)O. The molecule has 0 saturated carbocycles. The van der Waals surface area contributed by atoms with Crippen LogP contribution in [0.25, 0.3) is 0 Å². The number of ether oxygens (including phenoxy) is 1. The highest BCUT2D eigenvalue weighted by molar-refractivity contribution is 7.07. The van der Waals surface area contributed by atoms with Gasteiger partial charge in [-0.15, -0.1) is 11.3 Å². The maximum absolute atomic E-state index is 12.1. The van der Waals surface area contributed by atoms with Crippen LogP contribution in [0, 0.1) is 5.41 Å². The Morgan fingerprint density at radius 3 is 3.05 bits per heavy atom. The van der Waals surface area contributed by atoms with E-state index in [9.17, 15) is 14.7 Å². The summed E-state index contributed by atoms with van der Waals surface area (Å²) in [5.74, 6) is -0.970. The number of hydrogen-bond acceptors (Lipinski definition) is 5. The van der Waals surface area contributed by atoms with Gasteiger partial charge in [0.25, 0.3) is 0 Å². The van der Waals surface area contributed by atoms with Crippen LogP contribution in [0.15, 0.2) is 10.9 Å². The summed E-state index contributed by atoms with van der Waals surface area (Å²) >= 11 is 1.46. The number of carboxylic acid groups (broad SMARTS) is 1. The molecule has 2 rings (SSSR count). The Kier molecular flexibility index (Phi) is 4.24. The Labute approximate surface area is 120 Å². The zero-order chi connectivity index (χ0) is 14.8. The van der Waals surface area contributed by atoms with Crippen molar-refractivity contribution in [1.82, 2.24) is 15.2 Å². The van der Waals surface area contributed by atoms with Crippen molar-refractivity contribution in [2.24, 2.45) is 5.41 Å². The normalized spacial score (nSPS) is 25.4. The van der Waals surface area contributed by atoms with E-state index in [4.69, 9.17) is 4.74 Å². The first-order valence-corrected chi connectivity index (χ1v) is 7.07. The lowest BCUT2D eigenvalue weighted by atomic mass is 9.85. The highest BCUT2D eigenvalue weighted by Crippen LogP contribution is 2.28. The summed E-state index contributed by atoms with van der Waals surface area (Å²) in [7, 11) is 1.64. The number of aromatic nitrogens is 1. The largest absolute Gasteiger partial charge is 0.481 e. The third-order valence-electron chi connectivity index (χ3n) is 3.47. The van der Waals surface area contributed by atoms with Crippen LogP contribution in [0.5, 0.6) is 0 Å². The van der Waals surface area contributed by atoms with Crippen molar-refractivity contribution in [2.75, 3.05) is 20.3 Å². The molecule has 2 unspecified atom stereocenters. The number of amides is 2. The van der Waals surface area contributed by atoms with Crippen LogP contribution in [0.1, 0.15) is 12.6 Å². The molecule has 0 aromatic carbocycles. The van der Waals surface area contributed by atoms with Gasteiger partial charge in [-0.25, -0.2) is 9.78 Å². The number of carbonyl (C=O) groups is 2. The lowest BCUT2D eigenvalue weighted by Crippen LogP contribution is -2.52. The minimum absolute atomic E-state index is 0.100. The van der Waals surface area contributed by atoms with E-state index in [1.165, 1.54) is 16.2 Å². The summed E-state index contributed by atoms with van der Waals surface area (Å²) in [5.41, 5.74) is 1.42. The van der Waals surface area contributed by atoms with E-state index >= 15 is 0 Å². The van der Waals surface area contributed by atoms with Crippen LogP contribution in [-0.2, 0) is 16.1 Å². The lowest BCUT2D eigenvalue weighted by Gasteiger charge is -2.27. The van der Waals surface area contributed by atoms with Crippen LogP contribution in [0.2, 0.25) is 0 Å². The second-order valence-corrected chi connectivity index (χ2v) is 5.79. The topological polar surface area (TPSA) is 91.8 Å². The number of carbonyl (C=O) groups excluding carboxylic acids is 1. The first-order valence-electron chi connectivity index (χ1n) is 6.13. The standard InChI is InChI=1S/C12H17N3O4S/c1-12(10(16)17)6-19-4-9(12)14-11(18)15(2)3-8-5-20-7-13-8/h5,7,9H,3-4,6H2,1-2H3,(H,14,18)(H,16,17). The molecule has 20 heavy (non-hydrogen) atoms. The van der Waals surface area contributed by atoms with E-state index in [2.05, 4.69) is 10.3 Å². The predicted octanol–water partition coefficient (Wildman–Crippen LogP) is 0.774. The van der Waals surface area contributed by atoms with Gasteiger partial charge in [-0.05, 0) is 6.92 Å². The third kappa shape index (κ3) is 2.91. The van der Waals surface area contributed by atoms with Gasteiger partial charge < -0.3 is 20.1 Å². The molecule has 1 aliphatic heterocycles. The van der Waals surface area contributed by atoms with Gasteiger partial charge in [0.15, 0.2) is 0 Å². The Hall–Kier alpha value is -1.67. The Morgan fingerprint density at radius 1 is 1.70 bits per heavy atom. The fourth-order valence-electron chi connectivity index (χ4n) is 1.97. The highest BCUT2D eigenvalue weighted by Gasteiger charge is 2.47. The molecule has 0 radical (unpaired) electrons. The Balaban J connectivity index is 1.95. The zero-order valence-electron chi connectivity index (χ0n) is 11.3. The molecule has 2 N–H and O–H groups in total. The molecule has 1 fully saturated rings. The first-order chi connectivity index (χ1) is 9.43. The second kappa shape index (κ2) is 5.76. The van der Waals surface area contributed by atoms with Crippen LogP contribution in [0.4, 0.5) is 4.79 Å². The smallest absolute Gasteiger partial charge is 0.317 e. The molecule has 0 aliphatic carbocycles. The monoisotopic (exact) mass is 299 g/mol. The molecule has 7 nitrogen and oxygen atoms in total. The van der Waals surface area contributed by atoms with Crippen molar-refractivity contribution in [3.05, 3.63) is 16.6 Å². The molecule has 2 amide bonds. The van der Waals surface area contributed by atoms with E-state index < -0.39 is 17.4 Å². The van der Waals surface area contributed by atoms with Gasteiger partial charge in [-0.3, -0.25) is 4.79 Å². The maximum Gasteiger partial charge on any atom is 0.317 e. The molecule has 1 aromatic heterocycles. The molecule has 110 valence electrons. The number of rotatable bonds is 4. The quantitative estimate of drug-likeness (QED) is 0.857. The number of thiazole rings is 1. The van der Waals surface area contributed by atoms with Crippen molar-refractivity contribution in [3.63, 3.8) is 0 Å². The molecular formula is C12H17N3O4S. The molecule has 8 heteroatoms. The minimum atomic E-state index is -1.09. The van der Waals surface area contributed by atoms with Gasteiger partial charge in [-0.1, -0.05) is 0 Å². The van der Waals surface area contributed by atoms with Crippen molar-refractivity contribution in [1.29, 1.82) is 0 Å². The van der Waals surface area contributed by atoms with Crippen LogP contribution in [0.3, 0.4) is 0 Å². The van der Waals surface area contributed by atoms with Gasteiger partial charge in [0.05, 0.1) is 37.0 Å². The van der Waals surface area contributed by atoms with E-state index in [0.717, 1.165) is 5.69 Å². The molecule has 1 saturated heterocycles. The molecule has 2 heterocycles. The van der Waals surface area contributed by atoms with E-state index in [1.807, 2.05) is 5.38 Å². The Morgan fingerprint density at radius 2 is 2.45 bits per heavy atom. The minimum Gasteiger partial charge on any atom is -0.481 e. The van der Waals surface area contributed by atoms with Crippen LogP contribution in [-0.4, -0.2) is 53.3 Å². The zero-order valence-corrected chi connectivity index (χ0v) is 12.1. The Bertz CT molecular complexity index is 493. The number of aliphatic carboxylic acids is 1. The van der Waals surface area contributed by atoms with Gasteiger partial charge in [0, 0.05) is 12.4 Å². The van der Waals surface area contributed by atoms with Gasteiger partial charge in [-0.2, -0.15) is 0 Å². The van der Waals surface area contributed by atoms with Crippen LogP contribution < -0.4 is 5.32 Å². The number of carboxylic acids is 1. The average Bonchev–Trinajstić information content (AvgIpc) is 3.01. The average molecular weight is 299 g/mol. The van der Waals surface area contributed by atoms with Gasteiger partial charge in [0.2, 0.25) is 0 Å². The van der Waals surface area contributed by atoms with Crippen molar-refractivity contribution in [2.45, 2.75) is 19.5 Å². The number of nitrogens with one attached hydrogen (secondary N) is 1. The summed E-state index contributed by atoms with van der Waals surface area (Å²) in [6.45, 7) is 2.27. The highest BCUT2D eigenvalue weighted by atomic mass is 32.1. The van der Waals surface area contributed by atoms with Crippen LogP contribution >= 0.6 is 11.3 Å². The van der Waals surface area contributed by atoms with Crippen molar-refractivity contribution >= 4 is 23.3 Å². The number of urea groups is 1. The molecule has 1 aliphatic rings. The maximum atomic E-state index is 12.1. The molecule has 0 bridgehead atoms. The third-order valence-corrected chi connectivity index (χ3v) is 4.11.